The smallest absolute Gasteiger partial charge is 0.165 e. The maximum Gasteiger partial charge on any atom is 0.165 e. The SMILES string of the molecule is CC1CC1.CCCc1ncccc1-c1c(C)nn2ccc(N3CCNCC3)nc12. The zero-order valence-corrected chi connectivity index (χ0v) is 17.9. The van der Waals surface area contributed by atoms with Gasteiger partial charge in [0.2, 0.25) is 0 Å². The number of piperazine rings is 1. The Morgan fingerprint density at radius 2 is 1.93 bits per heavy atom. The van der Waals surface area contributed by atoms with Crippen LogP contribution in [-0.2, 0) is 6.42 Å². The van der Waals surface area contributed by atoms with Crippen LogP contribution in [0.1, 0.15) is 44.5 Å². The number of pyridine rings is 1. The minimum Gasteiger partial charge on any atom is -0.354 e. The Bertz CT molecular complexity index is 953. The number of aryl methyl sites for hydroxylation is 2. The van der Waals surface area contributed by atoms with Crippen molar-refractivity contribution in [2.45, 2.75) is 46.5 Å². The molecule has 3 aromatic rings. The molecule has 0 amide bonds. The molecule has 0 spiro atoms. The fourth-order valence-corrected chi connectivity index (χ4v) is 3.68. The summed E-state index contributed by atoms with van der Waals surface area (Å²) in [5.74, 6) is 2.11. The molecule has 6 nitrogen and oxygen atoms in total. The van der Waals surface area contributed by atoms with E-state index in [1.807, 2.05) is 23.0 Å². The van der Waals surface area contributed by atoms with Crippen LogP contribution in [0.25, 0.3) is 16.8 Å². The average Bonchev–Trinajstić information content (AvgIpc) is 3.46. The van der Waals surface area contributed by atoms with Crippen LogP contribution in [0.15, 0.2) is 30.6 Å². The van der Waals surface area contributed by atoms with Crippen molar-refractivity contribution in [1.29, 1.82) is 0 Å². The van der Waals surface area contributed by atoms with Gasteiger partial charge in [0.1, 0.15) is 5.82 Å². The predicted molar refractivity (Wildman–Crippen MR) is 118 cm³/mol. The first-order valence-electron chi connectivity index (χ1n) is 10.9. The highest BCUT2D eigenvalue weighted by Crippen LogP contribution is 2.30. The van der Waals surface area contributed by atoms with Gasteiger partial charge in [0, 0.05) is 49.8 Å². The van der Waals surface area contributed by atoms with E-state index in [4.69, 9.17) is 4.98 Å². The molecule has 1 N–H and O–H groups in total. The molecule has 4 heterocycles. The van der Waals surface area contributed by atoms with Crippen LogP contribution < -0.4 is 10.2 Å². The number of nitrogens with zero attached hydrogens (tertiary/aromatic N) is 5. The summed E-state index contributed by atoms with van der Waals surface area (Å²) < 4.78 is 1.89. The first-order valence-corrected chi connectivity index (χ1v) is 10.9. The molecule has 0 aromatic carbocycles. The third-order valence-corrected chi connectivity index (χ3v) is 5.60. The molecule has 5 rings (SSSR count). The number of fused-ring (bicyclic) bond motifs is 1. The average molecular weight is 393 g/mol. The van der Waals surface area contributed by atoms with Gasteiger partial charge in [-0.05, 0) is 31.4 Å². The van der Waals surface area contributed by atoms with E-state index in [-0.39, 0.29) is 0 Å². The summed E-state index contributed by atoms with van der Waals surface area (Å²) in [5, 5.41) is 8.06. The first kappa shape index (κ1) is 19.8. The zero-order valence-electron chi connectivity index (χ0n) is 17.9. The highest BCUT2D eigenvalue weighted by Gasteiger charge is 2.19. The van der Waals surface area contributed by atoms with Crippen molar-refractivity contribution in [2.24, 2.45) is 5.92 Å². The Labute approximate surface area is 173 Å². The molecule has 6 heteroatoms. The lowest BCUT2D eigenvalue weighted by Gasteiger charge is -2.28. The van der Waals surface area contributed by atoms with E-state index >= 15 is 0 Å². The van der Waals surface area contributed by atoms with Crippen LogP contribution in [0, 0.1) is 12.8 Å². The Morgan fingerprint density at radius 1 is 1.17 bits per heavy atom. The van der Waals surface area contributed by atoms with E-state index in [1.54, 1.807) is 0 Å². The van der Waals surface area contributed by atoms with Gasteiger partial charge in [0.25, 0.3) is 0 Å². The number of hydrogen-bond donors (Lipinski definition) is 1. The normalized spacial score (nSPS) is 16.6. The largest absolute Gasteiger partial charge is 0.354 e. The molecule has 1 saturated carbocycles. The molecular weight excluding hydrogens is 360 g/mol. The van der Waals surface area contributed by atoms with Crippen molar-refractivity contribution < 1.29 is 0 Å². The summed E-state index contributed by atoms with van der Waals surface area (Å²) >= 11 is 0. The fraction of sp³-hybridized carbons (Fsp3) is 0.522. The van der Waals surface area contributed by atoms with Crippen molar-refractivity contribution in [3.8, 4) is 11.1 Å². The van der Waals surface area contributed by atoms with Gasteiger partial charge < -0.3 is 10.2 Å². The number of rotatable bonds is 4. The molecule has 2 fully saturated rings. The second-order valence-corrected chi connectivity index (χ2v) is 8.18. The Morgan fingerprint density at radius 3 is 2.62 bits per heavy atom. The molecule has 3 aromatic heterocycles. The topological polar surface area (TPSA) is 58.4 Å². The number of anilines is 1. The van der Waals surface area contributed by atoms with Crippen LogP contribution in [0.5, 0.6) is 0 Å². The lowest BCUT2D eigenvalue weighted by Crippen LogP contribution is -2.43. The second kappa shape index (κ2) is 8.91. The lowest BCUT2D eigenvalue weighted by molar-refractivity contribution is 0.585. The second-order valence-electron chi connectivity index (χ2n) is 8.18. The summed E-state index contributed by atoms with van der Waals surface area (Å²) in [7, 11) is 0. The highest BCUT2D eigenvalue weighted by molar-refractivity contribution is 5.81. The molecular formula is C23H32N6. The Balaban J connectivity index is 0.000000458. The molecule has 2 aliphatic rings. The predicted octanol–water partition coefficient (Wildman–Crippen LogP) is 3.88. The quantitative estimate of drug-likeness (QED) is 0.730. The van der Waals surface area contributed by atoms with E-state index in [2.05, 4.69) is 53.2 Å². The standard InChI is InChI=1S/C19H24N6.C4H8/c1-3-5-16-15(6-4-8-21-16)18-14(2)23-25-11-7-17(22-19(18)25)24-12-9-20-10-13-24;1-4-2-3-4/h4,6-8,11,20H,3,5,9-10,12-13H2,1-2H3;4H,2-3H2,1H3. The van der Waals surface area contributed by atoms with Crippen LogP contribution >= 0.6 is 0 Å². The number of aromatic nitrogens is 4. The van der Waals surface area contributed by atoms with Gasteiger partial charge in [-0.3, -0.25) is 4.98 Å². The van der Waals surface area contributed by atoms with Crippen LogP contribution in [0.2, 0.25) is 0 Å². The maximum absolute atomic E-state index is 4.97. The van der Waals surface area contributed by atoms with Gasteiger partial charge >= 0.3 is 0 Å². The van der Waals surface area contributed by atoms with E-state index in [9.17, 15) is 0 Å². The monoisotopic (exact) mass is 392 g/mol. The van der Waals surface area contributed by atoms with Crippen molar-refractivity contribution in [1.82, 2.24) is 24.9 Å². The van der Waals surface area contributed by atoms with Gasteiger partial charge in [-0.15, -0.1) is 0 Å². The van der Waals surface area contributed by atoms with E-state index in [0.717, 1.165) is 78.9 Å². The van der Waals surface area contributed by atoms with E-state index in [1.165, 1.54) is 12.8 Å². The highest BCUT2D eigenvalue weighted by atomic mass is 15.3. The Kier molecular flexibility index (Phi) is 6.09. The lowest BCUT2D eigenvalue weighted by atomic mass is 10.0. The zero-order chi connectivity index (χ0) is 20.2. The maximum atomic E-state index is 4.97. The molecule has 1 aliphatic carbocycles. The number of hydrogen-bond acceptors (Lipinski definition) is 5. The van der Waals surface area contributed by atoms with E-state index in [0.29, 0.717) is 0 Å². The van der Waals surface area contributed by atoms with Gasteiger partial charge in [-0.25, -0.2) is 9.50 Å². The molecule has 0 unspecified atom stereocenters. The minimum atomic E-state index is 0.916. The van der Waals surface area contributed by atoms with Gasteiger partial charge in [-0.2, -0.15) is 5.10 Å². The molecule has 0 radical (unpaired) electrons. The van der Waals surface area contributed by atoms with Crippen molar-refractivity contribution in [3.63, 3.8) is 0 Å². The summed E-state index contributed by atoms with van der Waals surface area (Å²) in [4.78, 5) is 11.9. The Hall–Kier alpha value is -2.47. The third-order valence-electron chi connectivity index (χ3n) is 5.60. The number of nitrogens with one attached hydrogen (secondary N) is 1. The van der Waals surface area contributed by atoms with Gasteiger partial charge in [0.15, 0.2) is 5.65 Å². The molecule has 1 aliphatic heterocycles. The van der Waals surface area contributed by atoms with Gasteiger partial charge in [-0.1, -0.05) is 39.2 Å². The first-order chi connectivity index (χ1) is 14.2. The summed E-state index contributed by atoms with van der Waals surface area (Å²) in [6.07, 6.45) is 8.90. The summed E-state index contributed by atoms with van der Waals surface area (Å²) in [6, 6.07) is 6.20. The van der Waals surface area contributed by atoms with Crippen LogP contribution in [0.4, 0.5) is 5.82 Å². The minimum absolute atomic E-state index is 0.916. The summed E-state index contributed by atoms with van der Waals surface area (Å²) in [6.45, 7) is 10.5. The van der Waals surface area contributed by atoms with Crippen molar-refractivity contribution >= 4 is 11.5 Å². The molecule has 0 bridgehead atoms. The van der Waals surface area contributed by atoms with Crippen molar-refractivity contribution in [2.75, 3.05) is 31.1 Å². The van der Waals surface area contributed by atoms with Crippen molar-refractivity contribution in [3.05, 3.63) is 42.0 Å². The molecule has 1 saturated heterocycles. The molecule has 154 valence electrons. The molecule has 0 atom stereocenters. The van der Waals surface area contributed by atoms with Crippen LogP contribution in [-0.4, -0.2) is 45.8 Å². The summed E-state index contributed by atoms with van der Waals surface area (Å²) in [5.41, 5.74) is 5.29. The van der Waals surface area contributed by atoms with Crippen LogP contribution in [0.3, 0.4) is 0 Å². The molecule has 29 heavy (non-hydrogen) atoms. The van der Waals surface area contributed by atoms with E-state index < -0.39 is 0 Å². The van der Waals surface area contributed by atoms with Gasteiger partial charge in [0.05, 0.1) is 11.3 Å². The fourth-order valence-electron chi connectivity index (χ4n) is 3.68. The third kappa shape index (κ3) is 4.58.